The summed E-state index contributed by atoms with van der Waals surface area (Å²) in [6.07, 6.45) is 1.41. The van der Waals surface area contributed by atoms with Crippen LogP contribution in [0, 0.1) is 0 Å². The lowest BCUT2D eigenvalue weighted by Gasteiger charge is -2.21. The summed E-state index contributed by atoms with van der Waals surface area (Å²) in [6.45, 7) is 8.10. The lowest BCUT2D eigenvalue weighted by atomic mass is 10.1. The molecule has 0 bridgehead atoms. The predicted molar refractivity (Wildman–Crippen MR) is 73.6 cm³/mol. The van der Waals surface area contributed by atoms with Gasteiger partial charge in [-0.1, -0.05) is 30.7 Å². The van der Waals surface area contributed by atoms with E-state index >= 15 is 0 Å². The molecule has 96 valence electrons. The Hall–Kier alpha value is -0.570. The standard InChI is InChI=1S/C14H22ClNO/c1-4-8-16-10-14(17-11(2)3)12-6-5-7-13(15)9-12/h5-7,9,11,14,16H,4,8,10H2,1-3H3. The molecule has 0 spiro atoms. The largest absolute Gasteiger partial charge is 0.370 e. The highest BCUT2D eigenvalue weighted by Gasteiger charge is 2.13. The molecule has 0 aliphatic heterocycles. The summed E-state index contributed by atoms with van der Waals surface area (Å²) in [7, 11) is 0. The number of nitrogens with one attached hydrogen (secondary N) is 1. The fraction of sp³-hybridized carbons (Fsp3) is 0.571. The number of hydrogen-bond donors (Lipinski definition) is 1. The summed E-state index contributed by atoms with van der Waals surface area (Å²) in [6, 6.07) is 7.89. The minimum absolute atomic E-state index is 0.0697. The van der Waals surface area contributed by atoms with E-state index in [4.69, 9.17) is 16.3 Å². The molecule has 2 nitrogen and oxygen atoms in total. The third-order valence-corrected chi connectivity index (χ3v) is 2.65. The van der Waals surface area contributed by atoms with E-state index in [1.807, 2.05) is 18.2 Å². The summed E-state index contributed by atoms with van der Waals surface area (Å²) in [5.74, 6) is 0. The topological polar surface area (TPSA) is 21.3 Å². The molecule has 0 saturated heterocycles. The zero-order valence-corrected chi connectivity index (χ0v) is 11.6. The molecule has 1 unspecified atom stereocenters. The minimum atomic E-state index is 0.0697. The Labute approximate surface area is 109 Å². The zero-order chi connectivity index (χ0) is 12.7. The van der Waals surface area contributed by atoms with Gasteiger partial charge in [0.15, 0.2) is 0 Å². The lowest BCUT2D eigenvalue weighted by molar-refractivity contribution is 0.00724. The van der Waals surface area contributed by atoms with Gasteiger partial charge in [-0.25, -0.2) is 0 Å². The van der Waals surface area contributed by atoms with E-state index in [2.05, 4.69) is 32.2 Å². The molecular formula is C14H22ClNO. The van der Waals surface area contributed by atoms with E-state index < -0.39 is 0 Å². The highest BCUT2D eigenvalue weighted by molar-refractivity contribution is 6.30. The van der Waals surface area contributed by atoms with Crippen molar-refractivity contribution in [2.24, 2.45) is 0 Å². The third-order valence-electron chi connectivity index (χ3n) is 2.41. The second-order valence-corrected chi connectivity index (χ2v) is 4.87. The molecule has 17 heavy (non-hydrogen) atoms. The Bertz CT molecular complexity index is 328. The van der Waals surface area contributed by atoms with Gasteiger partial charge in [0.2, 0.25) is 0 Å². The molecule has 0 heterocycles. The molecule has 1 aromatic carbocycles. The smallest absolute Gasteiger partial charge is 0.0953 e. The number of halogens is 1. The molecule has 1 aromatic rings. The molecule has 0 aromatic heterocycles. The first kappa shape index (κ1) is 14.5. The SMILES string of the molecule is CCCNCC(OC(C)C)c1cccc(Cl)c1. The number of hydrogen-bond acceptors (Lipinski definition) is 2. The van der Waals surface area contributed by atoms with Crippen LogP contribution in [0.1, 0.15) is 38.9 Å². The van der Waals surface area contributed by atoms with E-state index in [0.717, 1.165) is 30.1 Å². The molecule has 1 N–H and O–H groups in total. The normalized spacial score (nSPS) is 13.0. The summed E-state index contributed by atoms with van der Waals surface area (Å²) in [4.78, 5) is 0. The van der Waals surface area contributed by atoms with Crippen LogP contribution in [0.15, 0.2) is 24.3 Å². The van der Waals surface area contributed by atoms with Crippen LogP contribution in [0.4, 0.5) is 0 Å². The quantitative estimate of drug-likeness (QED) is 0.749. The van der Waals surface area contributed by atoms with Gasteiger partial charge in [-0.15, -0.1) is 0 Å². The highest BCUT2D eigenvalue weighted by atomic mass is 35.5. The maximum atomic E-state index is 6.01. The van der Waals surface area contributed by atoms with Crippen LogP contribution < -0.4 is 5.32 Å². The number of rotatable bonds is 7. The molecule has 3 heteroatoms. The first-order valence-electron chi connectivity index (χ1n) is 6.25. The second kappa shape index (κ2) is 7.70. The van der Waals surface area contributed by atoms with Gasteiger partial charge in [0, 0.05) is 11.6 Å². The van der Waals surface area contributed by atoms with Gasteiger partial charge in [-0.3, -0.25) is 0 Å². The molecule has 0 fully saturated rings. The second-order valence-electron chi connectivity index (χ2n) is 4.43. The van der Waals surface area contributed by atoms with Crippen molar-refractivity contribution in [2.45, 2.75) is 39.4 Å². The van der Waals surface area contributed by atoms with Crippen LogP contribution in [0.5, 0.6) is 0 Å². The lowest BCUT2D eigenvalue weighted by Crippen LogP contribution is -2.25. The van der Waals surface area contributed by atoms with Crippen molar-refractivity contribution in [1.29, 1.82) is 0 Å². The van der Waals surface area contributed by atoms with Gasteiger partial charge in [-0.05, 0) is 44.5 Å². The van der Waals surface area contributed by atoms with Crippen LogP contribution in [0.3, 0.4) is 0 Å². The van der Waals surface area contributed by atoms with Crippen molar-refractivity contribution in [3.8, 4) is 0 Å². The van der Waals surface area contributed by atoms with Crippen molar-refractivity contribution < 1.29 is 4.74 Å². The van der Waals surface area contributed by atoms with Crippen LogP contribution in [-0.2, 0) is 4.74 Å². The van der Waals surface area contributed by atoms with Crippen molar-refractivity contribution in [3.05, 3.63) is 34.9 Å². The Morgan fingerprint density at radius 1 is 1.35 bits per heavy atom. The molecule has 0 aliphatic rings. The molecule has 1 rings (SSSR count). The highest BCUT2D eigenvalue weighted by Crippen LogP contribution is 2.21. The summed E-state index contributed by atoms with van der Waals surface area (Å²) in [5, 5.41) is 4.15. The molecule has 0 radical (unpaired) electrons. The minimum Gasteiger partial charge on any atom is -0.370 e. The van der Waals surface area contributed by atoms with Crippen molar-refractivity contribution in [2.75, 3.05) is 13.1 Å². The molecule has 0 saturated carbocycles. The maximum Gasteiger partial charge on any atom is 0.0953 e. The van der Waals surface area contributed by atoms with Gasteiger partial charge in [0.05, 0.1) is 12.2 Å². The van der Waals surface area contributed by atoms with Crippen LogP contribution >= 0.6 is 11.6 Å². The van der Waals surface area contributed by atoms with E-state index in [9.17, 15) is 0 Å². The van der Waals surface area contributed by atoms with Crippen molar-refractivity contribution in [3.63, 3.8) is 0 Å². The van der Waals surface area contributed by atoms with Gasteiger partial charge < -0.3 is 10.1 Å². The molecule has 0 amide bonds. The Morgan fingerprint density at radius 2 is 2.12 bits per heavy atom. The average Bonchev–Trinajstić information content (AvgIpc) is 2.27. The zero-order valence-electron chi connectivity index (χ0n) is 10.9. The van der Waals surface area contributed by atoms with E-state index in [0.29, 0.717) is 0 Å². The Morgan fingerprint density at radius 3 is 2.71 bits per heavy atom. The third kappa shape index (κ3) is 5.53. The van der Waals surface area contributed by atoms with E-state index in [1.165, 1.54) is 0 Å². The summed E-state index contributed by atoms with van der Waals surface area (Å²) >= 11 is 6.01. The van der Waals surface area contributed by atoms with Gasteiger partial charge in [0.1, 0.15) is 0 Å². The number of benzene rings is 1. The van der Waals surface area contributed by atoms with Crippen LogP contribution in [0.25, 0.3) is 0 Å². The number of ether oxygens (including phenoxy) is 1. The predicted octanol–water partition coefficient (Wildman–Crippen LogP) is 3.81. The van der Waals surface area contributed by atoms with E-state index in [1.54, 1.807) is 0 Å². The van der Waals surface area contributed by atoms with E-state index in [-0.39, 0.29) is 12.2 Å². The van der Waals surface area contributed by atoms with Gasteiger partial charge in [0.25, 0.3) is 0 Å². The molecule has 0 aliphatic carbocycles. The van der Waals surface area contributed by atoms with Gasteiger partial charge in [-0.2, -0.15) is 0 Å². The summed E-state index contributed by atoms with van der Waals surface area (Å²) < 4.78 is 5.92. The van der Waals surface area contributed by atoms with Crippen LogP contribution in [0.2, 0.25) is 5.02 Å². The fourth-order valence-corrected chi connectivity index (χ4v) is 1.89. The first-order chi connectivity index (χ1) is 8.13. The average molecular weight is 256 g/mol. The fourth-order valence-electron chi connectivity index (χ4n) is 1.69. The van der Waals surface area contributed by atoms with Crippen molar-refractivity contribution in [1.82, 2.24) is 5.32 Å². The van der Waals surface area contributed by atoms with Gasteiger partial charge >= 0.3 is 0 Å². The van der Waals surface area contributed by atoms with Crippen molar-refractivity contribution >= 4 is 11.6 Å². The Balaban J connectivity index is 2.67. The molecular weight excluding hydrogens is 234 g/mol. The van der Waals surface area contributed by atoms with Crippen LogP contribution in [-0.4, -0.2) is 19.2 Å². The first-order valence-corrected chi connectivity index (χ1v) is 6.63. The summed E-state index contributed by atoms with van der Waals surface area (Å²) in [5.41, 5.74) is 1.13. The molecule has 1 atom stereocenters. The maximum absolute atomic E-state index is 6.01. The Kier molecular flexibility index (Phi) is 6.56. The monoisotopic (exact) mass is 255 g/mol.